The number of halogens is 2. The molecule has 0 aliphatic carbocycles. The molecule has 8 heteroatoms. The van der Waals surface area contributed by atoms with Crippen LogP contribution in [0.1, 0.15) is 28.8 Å². The van der Waals surface area contributed by atoms with Gasteiger partial charge < -0.3 is 4.74 Å². The van der Waals surface area contributed by atoms with Gasteiger partial charge in [-0.2, -0.15) is 4.31 Å². The largest absolute Gasteiger partial charge is 0.457 e. The summed E-state index contributed by atoms with van der Waals surface area (Å²) in [6.45, 7) is 0.710. The van der Waals surface area contributed by atoms with E-state index in [1.165, 1.54) is 10.4 Å². The molecule has 5 nitrogen and oxygen atoms in total. The van der Waals surface area contributed by atoms with Crippen molar-refractivity contribution in [2.75, 3.05) is 13.1 Å². The summed E-state index contributed by atoms with van der Waals surface area (Å²) in [6.07, 6.45) is 1.48. The van der Waals surface area contributed by atoms with Gasteiger partial charge in [-0.15, -0.1) is 0 Å². The Balaban J connectivity index is 1.78. The molecule has 1 aliphatic heterocycles. The van der Waals surface area contributed by atoms with E-state index in [9.17, 15) is 17.6 Å². The Bertz CT molecular complexity index is 909. The molecule has 0 radical (unpaired) electrons. The molecule has 26 heavy (non-hydrogen) atoms. The first-order valence-electron chi connectivity index (χ1n) is 8.09. The van der Waals surface area contributed by atoms with Crippen LogP contribution in [0.5, 0.6) is 0 Å². The molecule has 0 N–H and O–H groups in total. The predicted molar refractivity (Wildman–Crippen MR) is 95.0 cm³/mol. The van der Waals surface area contributed by atoms with Gasteiger partial charge in [-0.1, -0.05) is 23.7 Å². The molecule has 0 atom stereocenters. The van der Waals surface area contributed by atoms with E-state index in [2.05, 4.69) is 0 Å². The molecule has 0 saturated carbocycles. The summed E-state index contributed by atoms with van der Waals surface area (Å²) < 4.78 is 45.6. The number of nitrogens with zero attached hydrogens (tertiary/aromatic N) is 1. The summed E-state index contributed by atoms with van der Waals surface area (Å²) in [5.41, 5.74) is 0.716. The van der Waals surface area contributed by atoms with Gasteiger partial charge in [-0.05, 0) is 48.7 Å². The highest BCUT2D eigenvalue weighted by Crippen LogP contribution is 2.24. The van der Waals surface area contributed by atoms with Crippen LogP contribution in [0, 0.1) is 5.82 Å². The maximum absolute atomic E-state index is 14.1. The van der Waals surface area contributed by atoms with Crippen molar-refractivity contribution < 1.29 is 22.3 Å². The SMILES string of the molecule is O=C(OCc1ccc(Cl)cc1)c1ccc(F)c(S(=O)(=O)N2CCCC2)c1. The zero-order chi connectivity index (χ0) is 18.7. The van der Waals surface area contributed by atoms with Crippen LogP contribution >= 0.6 is 11.6 Å². The van der Waals surface area contributed by atoms with Crippen molar-refractivity contribution in [3.63, 3.8) is 0 Å². The molecule has 1 saturated heterocycles. The van der Waals surface area contributed by atoms with Gasteiger partial charge in [0.25, 0.3) is 0 Å². The molecule has 1 aliphatic rings. The van der Waals surface area contributed by atoms with E-state index in [-0.39, 0.29) is 12.2 Å². The fourth-order valence-electron chi connectivity index (χ4n) is 2.71. The van der Waals surface area contributed by atoms with Crippen molar-refractivity contribution >= 4 is 27.6 Å². The van der Waals surface area contributed by atoms with E-state index in [0.29, 0.717) is 18.1 Å². The number of esters is 1. The molecule has 0 unspecified atom stereocenters. The Morgan fingerprint density at radius 3 is 2.42 bits per heavy atom. The molecule has 2 aromatic carbocycles. The number of sulfonamides is 1. The monoisotopic (exact) mass is 397 g/mol. The van der Waals surface area contributed by atoms with Gasteiger partial charge in [-0.25, -0.2) is 17.6 Å². The third-order valence-corrected chi connectivity index (χ3v) is 6.30. The first-order valence-corrected chi connectivity index (χ1v) is 9.91. The summed E-state index contributed by atoms with van der Waals surface area (Å²) in [7, 11) is -3.96. The first-order chi connectivity index (χ1) is 12.4. The Morgan fingerprint density at radius 1 is 1.12 bits per heavy atom. The van der Waals surface area contributed by atoms with E-state index < -0.39 is 26.7 Å². The minimum absolute atomic E-state index is 0.00157. The molecular weight excluding hydrogens is 381 g/mol. The molecule has 0 amide bonds. The highest BCUT2D eigenvalue weighted by molar-refractivity contribution is 7.89. The second-order valence-corrected chi connectivity index (χ2v) is 8.30. The van der Waals surface area contributed by atoms with Crippen LogP contribution in [0.15, 0.2) is 47.4 Å². The smallest absolute Gasteiger partial charge is 0.338 e. The number of ether oxygens (including phenoxy) is 1. The lowest BCUT2D eigenvalue weighted by Gasteiger charge is -2.16. The number of hydrogen-bond acceptors (Lipinski definition) is 4. The third kappa shape index (κ3) is 4.06. The van der Waals surface area contributed by atoms with E-state index in [4.69, 9.17) is 16.3 Å². The number of carbonyl (C=O) groups excluding carboxylic acids is 1. The molecule has 1 fully saturated rings. The molecular formula is C18H17ClFNO4S. The summed E-state index contributed by atoms with van der Waals surface area (Å²) in [6, 6.07) is 9.98. The second kappa shape index (κ2) is 7.73. The van der Waals surface area contributed by atoms with Crippen molar-refractivity contribution in [3.8, 4) is 0 Å². The van der Waals surface area contributed by atoms with Crippen LogP contribution in [0.4, 0.5) is 4.39 Å². The van der Waals surface area contributed by atoms with Crippen molar-refractivity contribution in [2.24, 2.45) is 0 Å². The summed E-state index contributed by atoms with van der Waals surface area (Å²) in [5, 5.41) is 0.565. The third-order valence-electron chi connectivity index (χ3n) is 4.13. The van der Waals surface area contributed by atoms with Crippen LogP contribution < -0.4 is 0 Å². The van der Waals surface area contributed by atoms with Gasteiger partial charge >= 0.3 is 5.97 Å². The molecule has 3 rings (SSSR count). The summed E-state index contributed by atoms with van der Waals surface area (Å²) in [5.74, 6) is -1.61. The van der Waals surface area contributed by atoms with Crippen LogP contribution in [0.2, 0.25) is 5.02 Å². The Morgan fingerprint density at radius 2 is 1.77 bits per heavy atom. The van der Waals surface area contributed by atoms with Gasteiger partial charge in [0, 0.05) is 18.1 Å². The molecule has 0 aromatic heterocycles. The Kier molecular flexibility index (Phi) is 5.60. The van der Waals surface area contributed by atoms with Gasteiger partial charge in [0.15, 0.2) is 0 Å². The minimum atomic E-state index is -3.96. The van der Waals surface area contributed by atoms with Crippen LogP contribution in [-0.2, 0) is 21.4 Å². The molecule has 0 spiro atoms. The molecule has 2 aromatic rings. The molecule has 1 heterocycles. The Hall–Kier alpha value is -1.96. The topological polar surface area (TPSA) is 63.7 Å². The predicted octanol–water partition coefficient (Wildman–Crippen LogP) is 3.62. The zero-order valence-electron chi connectivity index (χ0n) is 13.8. The number of rotatable bonds is 5. The zero-order valence-corrected chi connectivity index (χ0v) is 15.4. The second-order valence-electron chi connectivity index (χ2n) is 5.96. The minimum Gasteiger partial charge on any atom is -0.457 e. The van der Waals surface area contributed by atoms with Crippen molar-refractivity contribution in [1.29, 1.82) is 0 Å². The highest BCUT2D eigenvalue weighted by Gasteiger charge is 2.30. The number of carbonyl (C=O) groups is 1. The summed E-state index contributed by atoms with van der Waals surface area (Å²) >= 11 is 5.79. The van der Waals surface area contributed by atoms with E-state index in [0.717, 1.165) is 30.5 Å². The number of benzene rings is 2. The van der Waals surface area contributed by atoms with Gasteiger partial charge in [-0.3, -0.25) is 0 Å². The molecule has 138 valence electrons. The molecule has 0 bridgehead atoms. The van der Waals surface area contributed by atoms with Crippen molar-refractivity contribution in [2.45, 2.75) is 24.3 Å². The van der Waals surface area contributed by atoms with E-state index in [1.807, 2.05) is 0 Å². The highest BCUT2D eigenvalue weighted by atomic mass is 35.5. The van der Waals surface area contributed by atoms with Gasteiger partial charge in [0.05, 0.1) is 5.56 Å². The van der Waals surface area contributed by atoms with Gasteiger partial charge in [0.2, 0.25) is 10.0 Å². The van der Waals surface area contributed by atoms with Crippen LogP contribution in [0.25, 0.3) is 0 Å². The normalized spacial score (nSPS) is 15.2. The van der Waals surface area contributed by atoms with Crippen molar-refractivity contribution in [3.05, 3.63) is 64.4 Å². The maximum Gasteiger partial charge on any atom is 0.338 e. The summed E-state index contributed by atoms with van der Waals surface area (Å²) in [4.78, 5) is 11.7. The average Bonchev–Trinajstić information content (AvgIpc) is 3.17. The lowest BCUT2D eigenvalue weighted by Crippen LogP contribution is -2.28. The standard InChI is InChI=1S/C18H17ClFNO4S/c19-15-6-3-13(4-7-15)12-25-18(22)14-5-8-16(20)17(11-14)26(23,24)21-9-1-2-10-21/h3-8,11H,1-2,9-10,12H2. The average molecular weight is 398 g/mol. The lowest BCUT2D eigenvalue weighted by molar-refractivity contribution is 0.0472. The number of hydrogen-bond donors (Lipinski definition) is 0. The van der Waals surface area contributed by atoms with Gasteiger partial charge in [0.1, 0.15) is 17.3 Å². The fraction of sp³-hybridized carbons (Fsp3) is 0.278. The maximum atomic E-state index is 14.1. The fourth-order valence-corrected chi connectivity index (χ4v) is 4.44. The first kappa shape index (κ1) is 18.8. The van der Waals surface area contributed by atoms with Crippen LogP contribution in [0.3, 0.4) is 0 Å². The quantitative estimate of drug-likeness (QED) is 0.723. The Labute approximate surface area is 156 Å². The lowest BCUT2D eigenvalue weighted by atomic mass is 10.2. The van der Waals surface area contributed by atoms with Crippen molar-refractivity contribution in [1.82, 2.24) is 4.31 Å². The van der Waals surface area contributed by atoms with E-state index >= 15 is 0 Å². The van der Waals surface area contributed by atoms with E-state index in [1.54, 1.807) is 24.3 Å². The van der Waals surface area contributed by atoms with Crippen LogP contribution in [-0.4, -0.2) is 31.8 Å².